The van der Waals surface area contributed by atoms with Gasteiger partial charge in [-0.1, -0.05) is 6.42 Å². The van der Waals surface area contributed by atoms with Crippen LogP contribution in [0.15, 0.2) is 0 Å². The zero-order valence-corrected chi connectivity index (χ0v) is 10.7. The summed E-state index contributed by atoms with van der Waals surface area (Å²) in [5.41, 5.74) is 5.73. The number of ether oxygens (including phenoxy) is 1. The lowest BCUT2D eigenvalue weighted by Gasteiger charge is -2.19. The van der Waals surface area contributed by atoms with E-state index in [9.17, 15) is 4.79 Å². The van der Waals surface area contributed by atoms with Gasteiger partial charge in [-0.15, -0.1) is 0 Å². The second kappa shape index (κ2) is 5.83. The van der Waals surface area contributed by atoms with E-state index in [-0.39, 0.29) is 18.1 Å². The van der Waals surface area contributed by atoms with E-state index in [0.29, 0.717) is 11.8 Å². The molecule has 4 nitrogen and oxygen atoms in total. The Hall–Kier alpha value is -0.610. The standard InChI is InChI=1S/C13H24N2O2/c1-9-5-6-12(17-9)13(16)15-8-11-4-2-3-10(11)7-14/h9-12H,2-8,14H2,1H3,(H,15,16). The smallest absolute Gasteiger partial charge is 0.249 e. The molecule has 4 atom stereocenters. The van der Waals surface area contributed by atoms with Gasteiger partial charge in [0, 0.05) is 6.54 Å². The van der Waals surface area contributed by atoms with E-state index < -0.39 is 0 Å². The quantitative estimate of drug-likeness (QED) is 0.772. The van der Waals surface area contributed by atoms with Gasteiger partial charge < -0.3 is 15.8 Å². The number of hydrogen-bond donors (Lipinski definition) is 2. The lowest BCUT2D eigenvalue weighted by atomic mass is 9.96. The Morgan fingerprint density at radius 2 is 2.06 bits per heavy atom. The fourth-order valence-electron chi connectivity index (χ4n) is 3.03. The average Bonchev–Trinajstić information content (AvgIpc) is 2.94. The number of carbonyl (C=O) groups excluding carboxylic acids is 1. The number of carbonyl (C=O) groups is 1. The molecular weight excluding hydrogens is 216 g/mol. The summed E-state index contributed by atoms with van der Waals surface area (Å²) < 4.78 is 5.55. The fourth-order valence-corrected chi connectivity index (χ4v) is 3.03. The van der Waals surface area contributed by atoms with E-state index in [1.807, 2.05) is 6.92 Å². The average molecular weight is 240 g/mol. The number of amides is 1. The van der Waals surface area contributed by atoms with Crippen LogP contribution in [0, 0.1) is 11.8 Å². The third-order valence-electron chi connectivity index (χ3n) is 4.18. The molecule has 17 heavy (non-hydrogen) atoms. The van der Waals surface area contributed by atoms with Gasteiger partial charge in [-0.2, -0.15) is 0 Å². The van der Waals surface area contributed by atoms with Crippen LogP contribution in [0.25, 0.3) is 0 Å². The van der Waals surface area contributed by atoms with Crippen molar-refractivity contribution >= 4 is 5.91 Å². The first-order chi connectivity index (χ1) is 8.20. The van der Waals surface area contributed by atoms with Gasteiger partial charge in [0.05, 0.1) is 6.10 Å². The highest BCUT2D eigenvalue weighted by molar-refractivity contribution is 5.81. The van der Waals surface area contributed by atoms with Gasteiger partial charge in [-0.05, 0) is 51.0 Å². The zero-order valence-electron chi connectivity index (χ0n) is 10.7. The fraction of sp³-hybridized carbons (Fsp3) is 0.923. The van der Waals surface area contributed by atoms with Gasteiger partial charge in [0.25, 0.3) is 0 Å². The molecule has 0 bridgehead atoms. The van der Waals surface area contributed by atoms with Crippen molar-refractivity contribution in [3.8, 4) is 0 Å². The molecule has 1 saturated heterocycles. The highest BCUT2D eigenvalue weighted by Crippen LogP contribution is 2.30. The van der Waals surface area contributed by atoms with Crippen LogP contribution in [0.1, 0.15) is 39.0 Å². The van der Waals surface area contributed by atoms with Crippen molar-refractivity contribution in [1.29, 1.82) is 0 Å². The third-order valence-corrected chi connectivity index (χ3v) is 4.18. The second-order valence-electron chi connectivity index (χ2n) is 5.44. The van der Waals surface area contributed by atoms with Crippen molar-refractivity contribution in [2.45, 2.75) is 51.2 Å². The Balaban J connectivity index is 1.72. The molecule has 2 aliphatic rings. The Kier molecular flexibility index (Phi) is 4.40. The summed E-state index contributed by atoms with van der Waals surface area (Å²) in [5.74, 6) is 1.23. The van der Waals surface area contributed by atoms with Crippen molar-refractivity contribution in [2.75, 3.05) is 13.1 Å². The van der Waals surface area contributed by atoms with Crippen molar-refractivity contribution < 1.29 is 9.53 Å². The van der Waals surface area contributed by atoms with Crippen LogP contribution in [-0.4, -0.2) is 31.2 Å². The summed E-state index contributed by atoms with van der Waals surface area (Å²) in [5, 5.41) is 3.03. The van der Waals surface area contributed by atoms with Crippen molar-refractivity contribution in [2.24, 2.45) is 17.6 Å². The summed E-state index contributed by atoms with van der Waals surface area (Å²) in [7, 11) is 0. The second-order valence-corrected chi connectivity index (χ2v) is 5.44. The highest BCUT2D eigenvalue weighted by atomic mass is 16.5. The predicted octanol–water partition coefficient (Wildman–Crippen LogP) is 1.05. The minimum Gasteiger partial charge on any atom is -0.365 e. The molecule has 2 rings (SSSR count). The Bertz CT molecular complexity index is 270. The van der Waals surface area contributed by atoms with Crippen molar-refractivity contribution in [3.63, 3.8) is 0 Å². The lowest BCUT2D eigenvalue weighted by molar-refractivity contribution is -0.131. The maximum Gasteiger partial charge on any atom is 0.249 e. The number of rotatable bonds is 4. The number of hydrogen-bond acceptors (Lipinski definition) is 3. The molecular formula is C13H24N2O2. The monoisotopic (exact) mass is 240 g/mol. The van der Waals surface area contributed by atoms with Gasteiger partial charge in [0.2, 0.25) is 5.91 Å². The Morgan fingerprint density at radius 3 is 2.71 bits per heavy atom. The first-order valence-electron chi connectivity index (χ1n) is 6.84. The summed E-state index contributed by atoms with van der Waals surface area (Å²) in [6.45, 7) is 3.54. The summed E-state index contributed by atoms with van der Waals surface area (Å²) in [6, 6.07) is 0. The van der Waals surface area contributed by atoms with Gasteiger partial charge in [0.15, 0.2) is 0 Å². The van der Waals surface area contributed by atoms with E-state index in [1.54, 1.807) is 0 Å². The van der Waals surface area contributed by atoms with E-state index in [2.05, 4.69) is 5.32 Å². The lowest BCUT2D eigenvalue weighted by Crippen LogP contribution is -2.39. The minimum absolute atomic E-state index is 0.0667. The maximum atomic E-state index is 11.9. The van der Waals surface area contributed by atoms with Crippen molar-refractivity contribution in [3.05, 3.63) is 0 Å². The number of nitrogens with two attached hydrogens (primary N) is 1. The molecule has 1 saturated carbocycles. The van der Waals surface area contributed by atoms with E-state index in [1.165, 1.54) is 19.3 Å². The van der Waals surface area contributed by atoms with Crippen LogP contribution in [0.4, 0.5) is 0 Å². The van der Waals surface area contributed by atoms with Gasteiger partial charge >= 0.3 is 0 Å². The minimum atomic E-state index is -0.220. The van der Waals surface area contributed by atoms with Crippen LogP contribution in [0.3, 0.4) is 0 Å². The molecule has 98 valence electrons. The van der Waals surface area contributed by atoms with E-state index in [0.717, 1.165) is 25.9 Å². The molecule has 4 unspecified atom stereocenters. The molecule has 3 N–H and O–H groups in total. The van der Waals surface area contributed by atoms with Gasteiger partial charge in [-0.25, -0.2) is 0 Å². The molecule has 0 aromatic carbocycles. The van der Waals surface area contributed by atoms with Crippen LogP contribution in [0.5, 0.6) is 0 Å². The molecule has 0 spiro atoms. The summed E-state index contributed by atoms with van der Waals surface area (Å²) in [6.07, 6.45) is 5.53. The first kappa shape index (κ1) is 12.8. The molecule has 1 aliphatic carbocycles. The molecule has 0 aromatic rings. The normalized spacial score (nSPS) is 37.3. The third kappa shape index (κ3) is 3.19. The Morgan fingerprint density at radius 1 is 1.29 bits per heavy atom. The van der Waals surface area contributed by atoms with Crippen LogP contribution < -0.4 is 11.1 Å². The summed E-state index contributed by atoms with van der Waals surface area (Å²) in [4.78, 5) is 11.9. The largest absolute Gasteiger partial charge is 0.365 e. The summed E-state index contributed by atoms with van der Waals surface area (Å²) >= 11 is 0. The molecule has 0 aromatic heterocycles. The predicted molar refractivity (Wildman–Crippen MR) is 66.5 cm³/mol. The molecule has 0 radical (unpaired) electrons. The van der Waals surface area contributed by atoms with Crippen LogP contribution in [0.2, 0.25) is 0 Å². The molecule has 4 heteroatoms. The Labute approximate surface area is 103 Å². The molecule has 1 amide bonds. The molecule has 1 heterocycles. The van der Waals surface area contributed by atoms with Crippen molar-refractivity contribution in [1.82, 2.24) is 5.32 Å². The van der Waals surface area contributed by atoms with E-state index >= 15 is 0 Å². The van der Waals surface area contributed by atoms with Crippen LogP contribution in [-0.2, 0) is 9.53 Å². The molecule has 2 fully saturated rings. The topological polar surface area (TPSA) is 64.4 Å². The number of nitrogens with one attached hydrogen (secondary N) is 1. The highest BCUT2D eigenvalue weighted by Gasteiger charge is 2.30. The van der Waals surface area contributed by atoms with E-state index in [4.69, 9.17) is 10.5 Å². The maximum absolute atomic E-state index is 11.9. The first-order valence-corrected chi connectivity index (χ1v) is 6.84. The van der Waals surface area contributed by atoms with Crippen LogP contribution >= 0.6 is 0 Å². The van der Waals surface area contributed by atoms with Gasteiger partial charge in [-0.3, -0.25) is 4.79 Å². The van der Waals surface area contributed by atoms with Gasteiger partial charge in [0.1, 0.15) is 6.10 Å². The molecule has 1 aliphatic heterocycles. The SMILES string of the molecule is CC1CCC(C(=O)NCC2CCCC2CN)O1. The zero-order chi connectivity index (χ0) is 12.3.